The van der Waals surface area contributed by atoms with Gasteiger partial charge < -0.3 is 10.6 Å². The lowest BCUT2D eigenvalue weighted by Gasteiger charge is -2.38. The van der Waals surface area contributed by atoms with Gasteiger partial charge in [0.05, 0.1) is 5.56 Å². The van der Waals surface area contributed by atoms with E-state index in [1.807, 2.05) is 29.2 Å². The number of piperidine rings is 1. The van der Waals surface area contributed by atoms with E-state index in [1.54, 1.807) is 0 Å². The molecule has 1 heterocycles. The molecule has 4 heteroatoms. The van der Waals surface area contributed by atoms with Gasteiger partial charge in [0, 0.05) is 23.6 Å². The highest BCUT2D eigenvalue weighted by Crippen LogP contribution is 2.25. The number of rotatable bonds is 2. The van der Waals surface area contributed by atoms with E-state index in [4.69, 9.17) is 5.73 Å². The summed E-state index contributed by atoms with van der Waals surface area (Å²) in [5.74, 6) is 0.742. The molecular formula is C14H19BrN2O. The van der Waals surface area contributed by atoms with Gasteiger partial charge in [0.25, 0.3) is 5.91 Å². The Morgan fingerprint density at radius 3 is 2.89 bits per heavy atom. The molecule has 1 fully saturated rings. The number of amides is 1. The number of halogens is 1. The lowest BCUT2D eigenvalue weighted by molar-refractivity contribution is 0.0572. The van der Waals surface area contributed by atoms with Crippen LogP contribution >= 0.6 is 15.9 Å². The second-order valence-corrected chi connectivity index (χ2v) is 5.85. The summed E-state index contributed by atoms with van der Waals surface area (Å²) in [5.41, 5.74) is 6.53. The predicted octanol–water partition coefficient (Wildman–Crippen LogP) is 2.65. The molecule has 2 atom stereocenters. The van der Waals surface area contributed by atoms with Crippen molar-refractivity contribution in [2.24, 2.45) is 11.7 Å². The van der Waals surface area contributed by atoms with Crippen molar-refractivity contribution in [2.45, 2.75) is 25.8 Å². The highest BCUT2D eigenvalue weighted by molar-refractivity contribution is 9.10. The Bertz CT molecular complexity index is 436. The molecule has 0 bridgehead atoms. The summed E-state index contributed by atoms with van der Waals surface area (Å²) in [4.78, 5) is 14.5. The molecule has 1 aromatic carbocycles. The number of hydrogen-bond acceptors (Lipinski definition) is 2. The number of likely N-dealkylation sites (tertiary alicyclic amines) is 1. The first kappa shape index (κ1) is 13.6. The van der Waals surface area contributed by atoms with E-state index in [9.17, 15) is 4.79 Å². The molecular weight excluding hydrogens is 292 g/mol. The molecule has 0 aliphatic carbocycles. The fourth-order valence-corrected chi connectivity index (χ4v) is 2.99. The number of nitrogens with zero attached hydrogens (tertiary/aromatic N) is 1. The van der Waals surface area contributed by atoms with Crippen LogP contribution in [0.1, 0.15) is 30.1 Å². The van der Waals surface area contributed by atoms with E-state index in [-0.39, 0.29) is 11.9 Å². The number of hydrogen-bond donors (Lipinski definition) is 1. The molecule has 1 aromatic rings. The zero-order valence-electron chi connectivity index (χ0n) is 10.6. The third-order valence-electron chi connectivity index (χ3n) is 3.62. The highest BCUT2D eigenvalue weighted by atomic mass is 79.9. The third kappa shape index (κ3) is 2.75. The Morgan fingerprint density at radius 1 is 1.50 bits per heavy atom. The average Bonchev–Trinajstić information content (AvgIpc) is 2.38. The number of carbonyl (C=O) groups excluding carboxylic acids is 1. The summed E-state index contributed by atoms with van der Waals surface area (Å²) in [6, 6.07) is 7.74. The van der Waals surface area contributed by atoms with Crippen molar-refractivity contribution in [3.63, 3.8) is 0 Å². The first-order valence-electron chi connectivity index (χ1n) is 6.39. The Labute approximate surface area is 116 Å². The molecule has 0 aromatic heterocycles. The van der Waals surface area contributed by atoms with Crippen molar-refractivity contribution in [3.8, 4) is 0 Å². The smallest absolute Gasteiger partial charge is 0.255 e. The van der Waals surface area contributed by atoms with E-state index >= 15 is 0 Å². The lowest BCUT2D eigenvalue weighted by atomic mass is 9.92. The predicted molar refractivity (Wildman–Crippen MR) is 76.4 cm³/mol. The second-order valence-electron chi connectivity index (χ2n) is 5.00. The fourth-order valence-electron chi connectivity index (χ4n) is 2.53. The summed E-state index contributed by atoms with van der Waals surface area (Å²) in [6.45, 7) is 3.58. The van der Waals surface area contributed by atoms with Crippen molar-refractivity contribution in [1.29, 1.82) is 0 Å². The van der Waals surface area contributed by atoms with E-state index in [2.05, 4.69) is 22.9 Å². The van der Waals surface area contributed by atoms with Crippen LogP contribution in [0.25, 0.3) is 0 Å². The van der Waals surface area contributed by atoms with Crippen molar-refractivity contribution < 1.29 is 4.79 Å². The summed E-state index contributed by atoms with van der Waals surface area (Å²) < 4.78 is 0.851. The van der Waals surface area contributed by atoms with Crippen LogP contribution in [0.5, 0.6) is 0 Å². The van der Waals surface area contributed by atoms with Crippen LogP contribution < -0.4 is 5.73 Å². The molecule has 3 nitrogen and oxygen atoms in total. The molecule has 1 aliphatic rings. The zero-order valence-corrected chi connectivity index (χ0v) is 12.2. The molecule has 2 rings (SSSR count). The Balaban J connectivity index is 2.20. The van der Waals surface area contributed by atoms with Gasteiger partial charge in [-0.25, -0.2) is 0 Å². The maximum Gasteiger partial charge on any atom is 0.255 e. The second kappa shape index (κ2) is 5.85. The van der Waals surface area contributed by atoms with Gasteiger partial charge >= 0.3 is 0 Å². The summed E-state index contributed by atoms with van der Waals surface area (Å²) in [7, 11) is 0. The largest absolute Gasteiger partial charge is 0.334 e. The minimum atomic E-state index is 0.0878. The molecule has 0 spiro atoms. The number of nitrogens with two attached hydrogens (primary N) is 1. The lowest BCUT2D eigenvalue weighted by Crippen LogP contribution is -2.49. The maximum absolute atomic E-state index is 12.5. The van der Waals surface area contributed by atoms with Crippen molar-refractivity contribution in [1.82, 2.24) is 4.90 Å². The van der Waals surface area contributed by atoms with Crippen LogP contribution in [0.3, 0.4) is 0 Å². The molecule has 2 unspecified atom stereocenters. The quantitative estimate of drug-likeness (QED) is 0.913. The van der Waals surface area contributed by atoms with Gasteiger partial charge in [-0.15, -0.1) is 0 Å². The third-order valence-corrected chi connectivity index (χ3v) is 4.31. The van der Waals surface area contributed by atoms with Gasteiger partial charge in [0.2, 0.25) is 0 Å². The van der Waals surface area contributed by atoms with Gasteiger partial charge in [-0.05, 0) is 46.8 Å². The minimum absolute atomic E-state index is 0.0878. The van der Waals surface area contributed by atoms with Crippen LogP contribution in [0.2, 0.25) is 0 Å². The monoisotopic (exact) mass is 310 g/mol. The van der Waals surface area contributed by atoms with E-state index < -0.39 is 0 Å². The van der Waals surface area contributed by atoms with Gasteiger partial charge in [-0.3, -0.25) is 4.79 Å². The van der Waals surface area contributed by atoms with E-state index in [0.717, 1.165) is 29.4 Å². The summed E-state index contributed by atoms with van der Waals surface area (Å²) in [6.07, 6.45) is 2.07. The summed E-state index contributed by atoms with van der Waals surface area (Å²) in [5, 5.41) is 0. The molecule has 0 radical (unpaired) electrons. The fraction of sp³-hybridized carbons (Fsp3) is 0.500. The minimum Gasteiger partial charge on any atom is -0.334 e. The normalized spacial score (nSPS) is 24.1. The van der Waals surface area contributed by atoms with Gasteiger partial charge in [0.15, 0.2) is 0 Å². The van der Waals surface area contributed by atoms with Crippen molar-refractivity contribution in [2.75, 3.05) is 13.1 Å². The topological polar surface area (TPSA) is 46.3 Å². The van der Waals surface area contributed by atoms with Crippen LogP contribution in [0.15, 0.2) is 28.7 Å². The van der Waals surface area contributed by atoms with E-state index in [0.29, 0.717) is 12.5 Å². The van der Waals surface area contributed by atoms with Crippen LogP contribution in [0, 0.1) is 5.92 Å². The average molecular weight is 311 g/mol. The first-order valence-corrected chi connectivity index (χ1v) is 7.18. The Hall–Kier alpha value is -0.870. The molecule has 98 valence electrons. The maximum atomic E-state index is 12.5. The standard InChI is InChI=1S/C14H19BrN2O/c1-10-6-7-17(11(8-10)9-16)14(18)12-4-2-3-5-13(12)15/h2-5,10-11H,6-9,16H2,1H3. The first-order chi connectivity index (χ1) is 8.63. The Morgan fingerprint density at radius 2 is 2.22 bits per heavy atom. The van der Waals surface area contributed by atoms with Gasteiger partial charge in [0.1, 0.15) is 0 Å². The van der Waals surface area contributed by atoms with Gasteiger partial charge in [-0.2, -0.15) is 0 Å². The number of carbonyl (C=O) groups is 1. The molecule has 1 saturated heterocycles. The highest BCUT2D eigenvalue weighted by Gasteiger charge is 2.30. The Kier molecular flexibility index (Phi) is 4.40. The molecule has 2 N–H and O–H groups in total. The van der Waals surface area contributed by atoms with Crippen LogP contribution in [-0.2, 0) is 0 Å². The SMILES string of the molecule is CC1CCN(C(=O)c2ccccc2Br)C(CN)C1. The van der Waals surface area contributed by atoms with E-state index in [1.165, 1.54) is 0 Å². The molecule has 1 amide bonds. The molecule has 0 saturated carbocycles. The van der Waals surface area contributed by atoms with Crippen LogP contribution in [-0.4, -0.2) is 29.9 Å². The van der Waals surface area contributed by atoms with Gasteiger partial charge in [-0.1, -0.05) is 19.1 Å². The molecule has 1 aliphatic heterocycles. The number of benzene rings is 1. The van der Waals surface area contributed by atoms with Crippen molar-refractivity contribution >= 4 is 21.8 Å². The summed E-state index contributed by atoms with van der Waals surface area (Å²) >= 11 is 3.44. The molecule has 18 heavy (non-hydrogen) atoms. The van der Waals surface area contributed by atoms with Crippen LogP contribution in [0.4, 0.5) is 0 Å². The van der Waals surface area contributed by atoms with Crippen molar-refractivity contribution in [3.05, 3.63) is 34.3 Å². The zero-order chi connectivity index (χ0) is 13.1.